The molecule has 0 aliphatic heterocycles. The maximum atomic E-state index is 4.00. The molecule has 0 aliphatic rings. The number of aliphatic imine (C=N–C) groups is 1. The van der Waals surface area contributed by atoms with Crippen LogP contribution in [0.25, 0.3) is 0 Å². The molecule has 0 spiro atoms. The highest BCUT2D eigenvalue weighted by molar-refractivity contribution is 5.55. The van der Waals surface area contributed by atoms with E-state index >= 15 is 0 Å². The molecule has 0 rings (SSSR count). The highest BCUT2D eigenvalue weighted by atomic mass is 14.7. The smallest absolute Gasteiger partial charge is 0.0393 e. The average molecular weight is 123 g/mol. The van der Waals surface area contributed by atoms with Gasteiger partial charge in [-0.3, -0.25) is 4.99 Å². The third kappa shape index (κ3) is 2.85. The maximum absolute atomic E-state index is 4.00. The Balaban J connectivity index is 3.87. The maximum Gasteiger partial charge on any atom is 0.0393 e. The van der Waals surface area contributed by atoms with E-state index in [-0.39, 0.29) is 0 Å². The van der Waals surface area contributed by atoms with Crippen LogP contribution in [-0.2, 0) is 0 Å². The quantitative estimate of drug-likeness (QED) is 0.403. The molecular weight excluding hydrogens is 110 g/mol. The minimum Gasteiger partial charge on any atom is -0.266 e. The lowest BCUT2D eigenvalue weighted by atomic mass is 10.1. The van der Waals surface area contributed by atoms with Crippen molar-refractivity contribution in [2.45, 2.75) is 13.8 Å². The Morgan fingerprint density at radius 3 is 2.56 bits per heavy atom. The summed E-state index contributed by atoms with van der Waals surface area (Å²) in [5, 5.41) is 0. The van der Waals surface area contributed by atoms with Crippen LogP contribution in [-0.4, -0.2) is 6.21 Å². The van der Waals surface area contributed by atoms with E-state index in [1.54, 1.807) is 6.21 Å². The zero-order valence-corrected chi connectivity index (χ0v) is 6.09. The molecule has 0 N–H and O–H groups in total. The van der Waals surface area contributed by atoms with Gasteiger partial charge in [0.25, 0.3) is 0 Å². The molecule has 1 atom stereocenters. The summed E-state index contributed by atoms with van der Waals surface area (Å²) < 4.78 is 0. The van der Waals surface area contributed by atoms with Gasteiger partial charge >= 0.3 is 0 Å². The summed E-state index contributed by atoms with van der Waals surface area (Å²) in [4.78, 5) is 4.00. The highest BCUT2D eigenvalue weighted by Gasteiger charge is 1.96. The normalized spacial score (nSPS) is 13.6. The zero-order chi connectivity index (χ0) is 7.28. The van der Waals surface area contributed by atoms with Crippen LogP contribution in [0, 0.1) is 5.92 Å². The summed E-state index contributed by atoms with van der Waals surface area (Å²) in [6.07, 6.45) is 3.57. The molecule has 0 aliphatic carbocycles. The minimum absolute atomic E-state index is 0.293. The van der Waals surface area contributed by atoms with Crippen LogP contribution in [0.3, 0.4) is 0 Å². The summed E-state index contributed by atoms with van der Waals surface area (Å²) in [6, 6.07) is 0. The van der Waals surface area contributed by atoms with Gasteiger partial charge in [0.05, 0.1) is 0 Å². The van der Waals surface area contributed by atoms with Gasteiger partial charge in [0.1, 0.15) is 0 Å². The van der Waals surface area contributed by atoms with Gasteiger partial charge < -0.3 is 0 Å². The van der Waals surface area contributed by atoms with Crippen LogP contribution < -0.4 is 0 Å². The van der Waals surface area contributed by atoms with E-state index in [1.165, 1.54) is 0 Å². The number of allylic oxidation sites excluding steroid dienone is 1. The van der Waals surface area contributed by atoms with Crippen molar-refractivity contribution in [1.29, 1.82) is 0 Å². The molecule has 0 amide bonds. The van der Waals surface area contributed by atoms with E-state index in [0.717, 1.165) is 5.70 Å². The Hall–Kier alpha value is -0.850. The molecule has 9 heavy (non-hydrogen) atoms. The standard InChI is InChI=1S/C8H13N/c1-5-7(3)8(4)9-6-2/h5-7H,1,4H2,2-3H3. The Morgan fingerprint density at radius 1 is 1.67 bits per heavy atom. The van der Waals surface area contributed by atoms with Gasteiger partial charge in [-0.15, -0.1) is 6.58 Å². The molecule has 0 heterocycles. The van der Waals surface area contributed by atoms with Crippen molar-refractivity contribution in [2.75, 3.05) is 0 Å². The Kier molecular flexibility index (Phi) is 3.69. The number of nitrogens with zero attached hydrogens (tertiary/aromatic N) is 1. The second-order valence-electron chi connectivity index (χ2n) is 1.90. The first-order valence-electron chi connectivity index (χ1n) is 3.02. The highest BCUT2D eigenvalue weighted by Crippen LogP contribution is 2.08. The molecule has 1 unspecified atom stereocenters. The molecule has 0 bridgehead atoms. The Morgan fingerprint density at radius 2 is 2.22 bits per heavy atom. The summed E-state index contributed by atoms with van der Waals surface area (Å²) in [5.74, 6) is 0.293. The first kappa shape index (κ1) is 8.15. The predicted octanol–water partition coefficient (Wildman–Crippen LogP) is 2.41. The van der Waals surface area contributed by atoms with Gasteiger partial charge in [-0.05, 0) is 6.92 Å². The van der Waals surface area contributed by atoms with Crippen molar-refractivity contribution in [3.05, 3.63) is 24.9 Å². The molecule has 1 nitrogen and oxygen atoms in total. The third-order valence-corrected chi connectivity index (χ3v) is 1.17. The lowest BCUT2D eigenvalue weighted by molar-refractivity contribution is 0.857. The molecule has 0 radical (unpaired) electrons. The number of rotatable bonds is 3. The van der Waals surface area contributed by atoms with Crippen molar-refractivity contribution >= 4 is 6.21 Å². The van der Waals surface area contributed by atoms with Gasteiger partial charge in [-0.25, -0.2) is 0 Å². The Labute approximate surface area is 56.8 Å². The van der Waals surface area contributed by atoms with Crippen molar-refractivity contribution in [3.63, 3.8) is 0 Å². The molecular formula is C8H13N. The minimum atomic E-state index is 0.293. The average Bonchev–Trinajstić information content (AvgIpc) is 1.87. The van der Waals surface area contributed by atoms with Gasteiger partial charge in [0.2, 0.25) is 0 Å². The lowest BCUT2D eigenvalue weighted by Crippen LogP contribution is -1.89. The van der Waals surface area contributed by atoms with Gasteiger partial charge in [0, 0.05) is 17.8 Å². The fraction of sp³-hybridized carbons (Fsp3) is 0.375. The van der Waals surface area contributed by atoms with E-state index < -0.39 is 0 Å². The predicted molar refractivity (Wildman–Crippen MR) is 42.7 cm³/mol. The van der Waals surface area contributed by atoms with Crippen LogP contribution in [0.1, 0.15) is 13.8 Å². The van der Waals surface area contributed by atoms with E-state index in [2.05, 4.69) is 18.2 Å². The second-order valence-corrected chi connectivity index (χ2v) is 1.90. The fourth-order valence-electron chi connectivity index (χ4n) is 0.419. The third-order valence-electron chi connectivity index (χ3n) is 1.17. The van der Waals surface area contributed by atoms with Crippen LogP contribution in [0.4, 0.5) is 0 Å². The molecule has 0 fully saturated rings. The van der Waals surface area contributed by atoms with Gasteiger partial charge in [-0.2, -0.15) is 0 Å². The molecule has 0 aromatic rings. The van der Waals surface area contributed by atoms with E-state index in [0.29, 0.717) is 5.92 Å². The van der Waals surface area contributed by atoms with E-state index in [1.807, 2.05) is 19.9 Å². The van der Waals surface area contributed by atoms with Crippen molar-refractivity contribution in [1.82, 2.24) is 0 Å². The fourth-order valence-corrected chi connectivity index (χ4v) is 0.419. The number of hydrogen-bond donors (Lipinski definition) is 0. The summed E-state index contributed by atoms with van der Waals surface area (Å²) in [7, 11) is 0. The molecule has 0 saturated carbocycles. The van der Waals surface area contributed by atoms with Crippen molar-refractivity contribution in [2.24, 2.45) is 10.9 Å². The first-order chi connectivity index (χ1) is 4.22. The number of hydrogen-bond acceptors (Lipinski definition) is 1. The largest absolute Gasteiger partial charge is 0.266 e. The first-order valence-corrected chi connectivity index (χ1v) is 3.02. The van der Waals surface area contributed by atoms with Crippen LogP contribution in [0.5, 0.6) is 0 Å². The molecule has 1 heteroatoms. The van der Waals surface area contributed by atoms with Gasteiger partial charge in [-0.1, -0.05) is 19.6 Å². The monoisotopic (exact) mass is 123 g/mol. The molecule has 0 saturated heterocycles. The van der Waals surface area contributed by atoms with Crippen LogP contribution >= 0.6 is 0 Å². The summed E-state index contributed by atoms with van der Waals surface area (Å²) in [6.45, 7) is 11.3. The topological polar surface area (TPSA) is 12.4 Å². The van der Waals surface area contributed by atoms with Crippen molar-refractivity contribution in [3.8, 4) is 0 Å². The summed E-state index contributed by atoms with van der Waals surface area (Å²) >= 11 is 0. The Bertz CT molecular complexity index is 134. The van der Waals surface area contributed by atoms with Crippen LogP contribution in [0.15, 0.2) is 29.9 Å². The van der Waals surface area contributed by atoms with E-state index in [4.69, 9.17) is 0 Å². The molecule has 0 aromatic carbocycles. The second kappa shape index (κ2) is 4.07. The zero-order valence-electron chi connectivity index (χ0n) is 6.09. The SMILES string of the molecule is C=CC(C)C(=C)N=CC. The van der Waals surface area contributed by atoms with Crippen LogP contribution in [0.2, 0.25) is 0 Å². The van der Waals surface area contributed by atoms with E-state index in [9.17, 15) is 0 Å². The van der Waals surface area contributed by atoms with Gasteiger partial charge in [0.15, 0.2) is 0 Å². The lowest BCUT2D eigenvalue weighted by Gasteiger charge is -2.01. The summed E-state index contributed by atoms with van der Waals surface area (Å²) in [5.41, 5.74) is 0.868. The molecule has 0 aromatic heterocycles. The van der Waals surface area contributed by atoms with Crippen molar-refractivity contribution < 1.29 is 0 Å². The molecule has 50 valence electrons.